The molecular formula is C27H31N5O4S. The standard InChI is InChI=1S/C27H31N5O4S/c1-37-11-10-20(28)25(33)31-23(12-16-14-29-21-8-4-2-6-18(16)21)26(34)32-24(27(35)36)13-17-15-30-22-9-5-3-7-19(17)22/h2-9,14-15,20,23-24,29-30H,10-13,28H2,1H3,(H,31,33)(H,32,34)(H,35,36)/t20-,23-,24-/m0/s1. The number of hydrogen-bond donors (Lipinski definition) is 6. The van der Waals surface area contributed by atoms with Crippen molar-refractivity contribution >= 4 is 51.4 Å². The molecule has 0 fully saturated rings. The van der Waals surface area contributed by atoms with Crippen molar-refractivity contribution < 1.29 is 19.5 Å². The molecule has 4 aromatic rings. The lowest BCUT2D eigenvalue weighted by Crippen LogP contribution is -2.55. The summed E-state index contributed by atoms with van der Waals surface area (Å²) < 4.78 is 0. The maximum absolute atomic E-state index is 13.4. The quantitative estimate of drug-likeness (QED) is 0.168. The summed E-state index contributed by atoms with van der Waals surface area (Å²) in [5.74, 6) is -1.48. The van der Waals surface area contributed by atoms with Crippen LogP contribution in [0.4, 0.5) is 0 Å². The number of aromatic nitrogens is 2. The molecule has 0 radical (unpaired) electrons. The van der Waals surface area contributed by atoms with Crippen LogP contribution < -0.4 is 16.4 Å². The van der Waals surface area contributed by atoms with Crippen molar-refractivity contribution in [3.63, 3.8) is 0 Å². The lowest BCUT2D eigenvalue weighted by molar-refractivity contribution is -0.142. The van der Waals surface area contributed by atoms with E-state index < -0.39 is 35.9 Å². The molecule has 10 heteroatoms. The molecule has 0 aliphatic heterocycles. The van der Waals surface area contributed by atoms with Gasteiger partial charge in [-0.25, -0.2) is 4.79 Å². The first-order valence-corrected chi connectivity index (χ1v) is 13.4. The normalized spacial score (nSPS) is 13.8. The Labute approximate surface area is 218 Å². The highest BCUT2D eigenvalue weighted by Crippen LogP contribution is 2.21. The first-order chi connectivity index (χ1) is 17.9. The number of thioether (sulfide) groups is 1. The number of benzene rings is 2. The molecule has 2 heterocycles. The van der Waals surface area contributed by atoms with Crippen LogP contribution in [0, 0.1) is 0 Å². The smallest absolute Gasteiger partial charge is 0.326 e. The minimum absolute atomic E-state index is 0.0894. The second-order valence-electron chi connectivity index (χ2n) is 8.98. The van der Waals surface area contributed by atoms with Crippen LogP contribution in [0.2, 0.25) is 0 Å². The predicted molar refractivity (Wildman–Crippen MR) is 146 cm³/mol. The first-order valence-electron chi connectivity index (χ1n) is 12.1. The van der Waals surface area contributed by atoms with Gasteiger partial charge < -0.3 is 31.4 Å². The highest BCUT2D eigenvalue weighted by Gasteiger charge is 2.29. The van der Waals surface area contributed by atoms with Crippen LogP contribution in [0.25, 0.3) is 21.8 Å². The third kappa shape index (κ3) is 6.33. The van der Waals surface area contributed by atoms with Crippen LogP contribution in [0.15, 0.2) is 60.9 Å². The average molecular weight is 522 g/mol. The highest BCUT2D eigenvalue weighted by molar-refractivity contribution is 7.98. The van der Waals surface area contributed by atoms with Gasteiger partial charge in [-0.15, -0.1) is 0 Å². The van der Waals surface area contributed by atoms with Gasteiger partial charge in [0.05, 0.1) is 6.04 Å². The number of amides is 2. The van der Waals surface area contributed by atoms with Crippen molar-refractivity contribution in [1.29, 1.82) is 0 Å². The second kappa shape index (κ2) is 12.0. The van der Waals surface area contributed by atoms with Gasteiger partial charge in [-0.3, -0.25) is 9.59 Å². The Bertz CT molecular complexity index is 1400. The molecule has 2 aromatic heterocycles. The topological polar surface area (TPSA) is 153 Å². The second-order valence-corrected chi connectivity index (χ2v) is 9.96. The fourth-order valence-corrected chi connectivity index (χ4v) is 4.87. The third-order valence-electron chi connectivity index (χ3n) is 6.42. The summed E-state index contributed by atoms with van der Waals surface area (Å²) in [5.41, 5.74) is 9.45. The molecule has 0 unspecified atom stereocenters. The number of nitrogens with one attached hydrogen (secondary N) is 4. The molecule has 0 spiro atoms. The van der Waals surface area contributed by atoms with Crippen LogP contribution in [0.3, 0.4) is 0 Å². The SMILES string of the molecule is CSCC[C@H](N)C(=O)N[C@@H](Cc1c[nH]c2ccccc12)C(=O)N[C@@H](Cc1c[nH]c2ccccc12)C(=O)O. The molecule has 194 valence electrons. The first kappa shape index (κ1) is 26.3. The Morgan fingerprint density at radius 3 is 1.92 bits per heavy atom. The van der Waals surface area contributed by atoms with Gasteiger partial charge in [-0.2, -0.15) is 11.8 Å². The van der Waals surface area contributed by atoms with Crippen LogP contribution in [0.5, 0.6) is 0 Å². The number of fused-ring (bicyclic) bond motifs is 2. The molecule has 7 N–H and O–H groups in total. The van der Waals surface area contributed by atoms with E-state index in [2.05, 4.69) is 20.6 Å². The number of aromatic amines is 2. The fourth-order valence-electron chi connectivity index (χ4n) is 4.38. The molecule has 37 heavy (non-hydrogen) atoms. The van der Waals surface area contributed by atoms with E-state index in [0.29, 0.717) is 12.2 Å². The van der Waals surface area contributed by atoms with Crippen molar-refractivity contribution in [2.45, 2.75) is 37.4 Å². The molecule has 0 bridgehead atoms. The summed E-state index contributed by atoms with van der Waals surface area (Å²) in [6.45, 7) is 0. The van der Waals surface area contributed by atoms with Crippen molar-refractivity contribution in [2.24, 2.45) is 5.73 Å². The van der Waals surface area contributed by atoms with E-state index in [0.717, 1.165) is 32.9 Å². The number of carboxylic acids is 1. The Morgan fingerprint density at radius 2 is 1.38 bits per heavy atom. The minimum Gasteiger partial charge on any atom is -0.480 e. The molecule has 0 aliphatic rings. The highest BCUT2D eigenvalue weighted by atomic mass is 32.2. The lowest BCUT2D eigenvalue weighted by atomic mass is 10.0. The Morgan fingerprint density at radius 1 is 0.865 bits per heavy atom. The third-order valence-corrected chi connectivity index (χ3v) is 7.06. The van der Waals surface area contributed by atoms with Gasteiger partial charge in [-0.05, 0) is 41.7 Å². The van der Waals surface area contributed by atoms with Gasteiger partial charge in [0.1, 0.15) is 12.1 Å². The van der Waals surface area contributed by atoms with E-state index in [1.807, 2.05) is 54.8 Å². The van der Waals surface area contributed by atoms with Gasteiger partial charge in [0.15, 0.2) is 0 Å². The Hall–Kier alpha value is -3.76. The van der Waals surface area contributed by atoms with Gasteiger partial charge >= 0.3 is 5.97 Å². The van der Waals surface area contributed by atoms with Gasteiger partial charge in [0.25, 0.3) is 0 Å². The number of hydrogen-bond acceptors (Lipinski definition) is 5. The maximum Gasteiger partial charge on any atom is 0.326 e. The van der Waals surface area contributed by atoms with Gasteiger partial charge in [0.2, 0.25) is 11.8 Å². The zero-order chi connectivity index (χ0) is 26.4. The number of para-hydroxylation sites is 2. The summed E-state index contributed by atoms with van der Waals surface area (Å²) in [7, 11) is 0. The van der Waals surface area contributed by atoms with Crippen LogP contribution in [-0.4, -0.2) is 63.0 Å². The summed E-state index contributed by atoms with van der Waals surface area (Å²) in [5, 5.41) is 17.1. The molecule has 0 saturated heterocycles. The zero-order valence-corrected chi connectivity index (χ0v) is 21.3. The van der Waals surface area contributed by atoms with E-state index in [9.17, 15) is 19.5 Å². The lowest BCUT2D eigenvalue weighted by Gasteiger charge is -2.23. The van der Waals surface area contributed by atoms with Crippen LogP contribution in [-0.2, 0) is 27.2 Å². The largest absolute Gasteiger partial charge is 0.480 e. The van der Waals surface area contributed by atoms with Crippen molar-refractivity contribution in [3.05, 3.63) is 72.1 Å². The molecule has 4 rings (SSSR count). The number of nitrogens with two attached hydrogens (primary N) is 1. The van der Waals surface area contributed by atoms with Crippen LogP contribution >= 0.6 is 11.8 Å². The monoisotopic (exact) mass is 521 g/mol. The Kier molecular flexibility index (Phi) is 8.52. The number of carboxylic acid groups (broad SMARTS) is 1. The molecule has 2 aromatic carbocycles. The molecule has 2 amide bonds. The zero-order valence-electron chi connectivity index (χ0n) is 20.5. The van der Waals surface area contributed by atoms with Gasteiger partial charge in [-0.1, -0.05) is 36.4 Å². The molecule has 3 atom stereocenters. The van der Waals surface area contributed by atoms with Gasteiger partial charge in [0, 0.05) is 47.0 Å². The van der Waals surface area contributed by atoms with E-state index in [-0.39, 0.29) is 12.8 Å². The van der Waals surface area contributed by atoms with E-state index in [4.69, 9.17) is 5.73 Å². The summed E-state index contributed by atoms with van der Waals surface area (Å²) in [6.07, 6.45) is 6.21. The predicted octanol–water partition coefficient (Wildman–Crippen LogP) is 2.57. The summed E-state index contributed by atoms with van der Waals surface area (Å²) in [6, 6.07) is 12.3. The number of H-pyrrole nitrogens is 2. The van der Waals surface area contributed by atoms with E-state index in [1.54, 1.807) is 24.2 Å². The number of carbonyl (C=O) groups is 3. The average Bonchev–Trinajstić information content (AvgIpc) is 3.50. The van der Waals surface area contributed by atoms with Crippen molar-refractivity contribution in [2.75, 3.05) is 12.0 Å². The fraction of sp³-hybridized carbons (Fsp3) is 0.296. The molecule has 9 nitrogen and oxygen atoms in total. The van der Waals surface area contributed by atoms with Crippen molar-refractivity contribution in [3.8, 4) is 0 Å². The minimum atomic E-state index is -1.18. The molecule has 0 saturated carbocycles. The molecule has 0 aliphatic carbocycles. The van der Waals surface area contributed by atoms with Crippen molar-refractivity contribution in [1.82, 2.24) is 20.6 Å². The van der Waals surface area contributed by atoms with E-state index in [1.165, 1.54) is 0 Å². The number of carbonyl (C=O) groups excluding carboxylic acids is 2. The summed E-state index contributed by atoms with van der Waals surface area (Å²) >= 11 is 1.58. The van der Waals surface area contributed by atoms with Crippen LogP contribution in [0.1, 0.15) is 17.5 Å². The molecular weight excluding hydrogens is 490 g/mol. The maximum atomic E-state index is 13.4. The summed E-state index contributed by atoms with van der Waals surface area (Å²) in [4.78, 5) is 44.7. The number of aliphatic carboxylic acids is 1. The van der Waals surface area contributed by atoms with E-state index >= 15 is 0 Å². The number of rotatable bonds is 12. The Balaban J connectivity index is 1.55.